The van der Waals surface area contributed by atoms with E-state index in [0.29, 0.717) is 12.4 Å². The third-order valence-corrected chi connectivity index (χ3v) is 4.69. The summed E-state index contributed by atoms with van der Waals surface area (Å²) in [6, 6.07) is 14.4. The van der Waals surface area contributed by atoms with E-state index >= 15 is 0 Å². The molecule has 0 bridgehead atoms. The Bertz CT molecular complexity index is 733. The van der Waals surface area contributed by atoms with Crippen molar-refractivity contribution in [2.45, 2.75) is 24.4 Å². The zero-order chi connectivity index (χ0) is 16.9. The fourth-order valence-corrected chi connectivity index (χ4v) is 2.99. The first-order chi connectivity index (χ1) is 11.6. The van der Waals surface area contributed by atoms with Crippen LogP contribution in [0, 0.1) is 12.7 Å². The summed E-state index contributed by atoms with van der Waals surface area (Å²) in [5.41, 5.74) is 2.24. The smallest absolute Gasteiger partial charge is 0.191 e. The van der Waals surface area contributed by atoms with E-state index in [1.807, 2.05) is 42.8 Å². The van der Waals surface area contributed by atoms with E-state index in [9.17, 15) is 4.39 Å². The van der Waals surface area contributed by atoms with E-state index in [0.717, 1.165) is 22.3 Å². The Kier molecular flexibility index (Phi) is 5.15. The maximum atomic E-state index is 12.9. The van der Waals surface area contributed by atoms with Crippen molar-refractivity contribution < 1.29 is 9.13 Å². The first-order valence-electron chi connectivity index (χ1n) is 7.57. The summed E-state index contributed by atoms with van der Waals surface area (Å²) in [7, 11) is 1.92. The predicted molar refractivity (Wildman–Crippen MR) is 92.5 cm³/mol. The lowest BCUT2D eigenvalue weighted by Gasteiger charge is -2.07. The van der Waals surface area contributed by atoms with Crippen LogP contribution in [-0.2, 0) is 19.4 Å². The van der Waals surface area contributed by atoms with Gasteiger partial charge in [0.05, 0.1) is 0 Å². The molecule has 2 aromatic carbocycles. The van der Waals surface area contributed by atoms with Crippen LogP contribution in [0.2, 0.25) is 0 Å². The Balaban J connectivity index is 1.58. The molecule has 0 saturated heterocycles. The molecule has 6 heteroatoms. The minimum atomic E-state index is -0.224. The third-order valence-electron chi connectivity index (χ3n) is 3.60. The highest BCUT2D eigenvalue weighted by molar-refractivity contribution is 7.98. The summed E-state index contributed by atoms with van der Waals surface area (Å²) in [5.74, 6) is 2.06. The number of hydrogen-bond acceptors (Lipinski definition) is 4. The Morgan fingerprint density at radius 2 is 1.75 bits per heavy atom. The number of nitrogens with zero attached hydrogens (tertiary/aromatic N) is 3. The molecule has 0 aliphatic carbocycles. The molecule has 4 nitrogen and oxygen atoms in total. The molecular weight excluding hydrogens is 325 g/mol. The minimum absolute atomic E-state index is 0.224. The SMILES string of the molecule is Cc1ccc(OCc2nnc(SCc3ccc(F)cc3)n2C)cc1. The van der Waals surface area contributed by atoms with Gasteiger partial charge in [-0.15, -0.1) is 10.2 Å². The number of aromatic nitrogens is 3. The fraction of sp³-hybridized carbons (Fsp3) is 0.222. The molecule has 0 unspecified atom stereocenters. The fourth-order valence-electron chi connectivity index (χ4n) is 2.11. The Morgan fingerprint density at radius 1 is 1.04 bits per heavy atom. The molecule has 0 aliphatic heterocycles. The summed E-state index contributed by atoms with van der Waals surface area (Å²) >= 11 is 1.56. The molecule has 0 radical (unpaired) electrons. The molecule has 0 atom stereocenters. The standard InChI is InChI=1S/C18H18FN3OS/c1-13-3-9-16(10-4-13)23-11-17-20-21-18(22(17)2)24-12-14-5-7-15(19)8-6-14/h3-10H,11-12H2,1-2H3. The highest BCUT2D eigenvalue weighted by atomic mass is 32.2. The van der Waals surface area contributed by atoms with Crippen molar-refractivity contribution >= 4 is 11.8 Å². The zero-order valence-corrected chi connectivity index (χ0v) is 14.4. The summed E-state index contributed by atoms with van der Waals surface area (Å²) in [6.07, 6.45) is 0. The first-order valence-corrected chi connectivity index (χ1v) is 8.55. The van der Waals surface area contributed by atoms with Gasteiger partial charge in [-0.25, -0.2) is 4.39 Å². The van der Waals surface area contributed by atoms with Gasteiger partial charge in [0, 0.05) is 12.8 Å². The quantitative estimate of drug-likeness (QED) is 0.631. The van der Waals surface area contributed by atoms with Crippen LogP contribution in [0.15, 0.2) is 53.7 Å². The van der Waals surface area contributed by atoms with Crippen LogP contribution in [-0.4, -0.2) is 14.8 Å². The van der Waals surface area contributed by atoms with Crippen LogP contribution < -0.4 is 4.74 Å². The molecule has 1 heterocycles. The van der Waals surface area contributed by atoms with Crippen LogP contribution in [0.1, 0.15) is 17.0 Å². The lowest BCUT2D eigenvalue weighted by Crippen LogP contribution is -2.04. The summed E-state index contributed by atoms with van der Waals surface area (Å²) in [5, 5.41) is 9.19. The van der Waals surface area contributed by atoms with Crippen LogP contribution in [0.5, 0.6) is 5.75 Å². The van der Waals surface area contributed by atoms with E-state index in [4.69, 9.17) is 4.74 Å². The third kappa shape index (κ3) is 4.14. The lowest BCUT2D eigenvalue weighted by atomic mass is 10.2. The second-order valence-electron chi connectivity index (χ2n) is 5.47. The number of halogens is 1. The van der Waals surface area contributed by atoms with Crippen molar-refractivity contribution in [3.8, 4) is 5.75 Å². The van der Waals surface area contributed by atoms with E-state index in [2.05, 4.69) is 10.2 Å². The van der Waals surface area contributed by atoms with Gasteiger partial charge >= 0.3 is 0 Å². The van der Waals surface area contributed by atoms with Gasteiger partial charge in [-0.05, 0) is 36.8 Å². The van der Waals surface area contributed by atoms with Crippen molar-refractivity contribution in [1.29, 1.82) is 0 Å². The number of aryl methyl sites for hydroxylation is 1. The molecule has 0 amide bonds. The van der Waals surface area contributed by atoms with Crippen molar-refractivity contribution in [3.63, 3.8) is 0 Å². The maximum absolute atomic E-state index is 12.9. The monoisotopic (exact) mass is 343 g/mol. The molecule has 24 heavy (non-hydrogen) atoms. The topological polar surface area (TPSA) is 39.9 Å². The van der Waals surface area contributed by atoms with Crippen molar-refractivity contribution in [2.24, 2.45) is 7.05 Å². The Labute approximate surface area is 144 Å². The molecule has 3 aromatic rings. The summed E-state index contributed by atoms with van der Waals surface area (Å²) in [4.78, 5) is 0. The first kappa shape index (κ1) is 16.5. The highest BCUT2D eigenvalue weighted by Crippen LogP contribution is 2.22. The van der Waals surface area contributed by atoms with Crippen molar-refractivity contribution in [2.75, 3.05) is 0 Å². The maximum Gasteiger partial charge on any atom is 0.191 e. The Morgan fingerprint density at radius 3 is 2.46 bits per heavy atom. The van der Waals surface area contributed by atoms with E-state index in [1.165, 1.54) is 17.7 Å². The van der Waals surface area contributed by atoms with Crippen LogP contribution >= 0.6 is 11.8 Å². The van der Waals surface area contributed by atoms with E-state index in [-0.39, 0.29) is 5.82 Å². The predicted octanol–water partition coefficient (Wildman–Crippen LogP) is 4.13. The second kappa shape index (κ2) is 7.49. The van der Waals surface area contributed by atoms with Crippen molar-refractivity contribution in [3.05, 3.63) is 71.3 Å². The summed E-state index contributed by atoms with van der Waals surface area (Å²) in [6.45, 7) is 2.40. The number of ether oxygens (including phenoxy) is 1. The molecule has 1 aromatic heterocycles. The van der Waals surface area contributed by atoms with Gasteiger partial charge < -0.3 is 9.30 Å². The number of benzene rings is 2. The number of thioether (sulfide) groups is 1. The van der Waals surface area contributed by atoms with Gasteiger partial charge in [-0.2, -0.15) is 0 Å². The van der Waals surface area contributed by atoms with Gasteiger partial charge in [0.2, 0.25) is 0 Å². The minimum Gasteiger partial charge on any atom is -0.486 e. The van der Waals surface area contributed by atoms with Gasteiger partial charge in [0.15, 0.2) is 11.0 Å². The van der Waals surface area contributed by atoms with E-state index in [1.54, 1.807) is 23.9 Å². The molecular formula is C18H18FN3OS. The van der Waals surface area contributed by atoms with Gasteiger partial charge in [0.1, 0.15) is 18.2 Å². The normalized spacial score (nSPS) is 10.8. The molecule has 3 rings (SSSR count). The van der Waals surface area contributed by atoms with Crippen LogP contribution in [0.25, 0.3) is 0 Å². The van der Waals surface area contributed by atoms with Crippen molar-refractivity contribution in [1.82, 2.24) is 14.8 Å². The van der Waals surface area contributed by atoms with Crippen LogP contribution in [0.4, 0.5) is 4.39 Å². The molecule has 0 fully saturated rings. The molecule has 124 valence electrons. The summed E-state index contributed by atoms with van der Waals surface area (Å²) < 4.78 is 20.6. The Hall–Kier alpha value is -2.34. The average molecular weight is 343 g/mol. The van der Waals surface area contributed by atoms with Crippen LogP contribution in [0.3, 0.4) is 0 Å². The largest absolute Gasteiger partial charge is 0.486 e. The zero-order valence-electron chi connectivity index (χ0n) is 13.6. The molecule has 0 saturated carbocycles. The van der Waals surface area contributed by atoms with Gasteiger partial charge in [-0.3, -0.25) is 0 Å². The van der Waals surface area contributed by atoms with E-state index < -0.39 is 0 Å². The average Bonchev–Trinajstić information content (AvgIpc) is 2.94. The molecule has 0 spiro atoms. The lowest BCUT2D eigenvalue weighted by molar-refractivity contribution is 0.290. The molecule has 0 aliphatic rings. The number of rotatable bonds is 6. The van der Waals surface area contributed by atoms with Gasteiger partial charge in [0.25, 0.3) is 0 Å². The number of hydrogen-bond donors (Lipinski definition) is 0. The van der Waals surface area contributed by atoms with Gasteiger partial charge in [-0.1, -0.05) is 41.6 Å². The highest BCUT2D eigenvalue weighted by Gasteiger charge is 2.10. The second-order valence-corrected chi connectivity index (χ2v) is 6.42. The molecule has 0 N–H and O–H groups in total.